The molecule has 0 unspecified atom stereocenters. The van der Waals surface area contributed by atoms with Crippen molar-refractivity contribution in [2.75, 3.05) is 11.4 Å². The molecule has 0 saturated carbocycles. The molecule has 1 saturated heterocycles. The summed E-state index contributed by atoms with van der Waals surface area (Å²) in [4.78, 5) is 3.81. The summed E-state index contributed by atoms with van der Waals surface area (Å²) in [5.74, 6) is 0. The summed E-state index contributed by atoms with van der Waals surface area (Å²) >= 11 is 1.81. The van der Waals surface area contributed by atoms with Crippen molar-refractivity contribution in [1.82, 2.24) is 0 Å². The lowest BCUT2D eigenvalue weighted by Gasteiger charge is -2.48. The fourth-order valence-corrected chi connectivity index (χ4v) is 3.96. The normalized spacial score (nSPS) is 20.3. The zero-order valence-electron chi connectivity index (χ0n) is 12.8. The minimum absolute atomic E-state index is 0.245. The highest BCUT2D eigenvalue weighted by Gasteiger charge is 2.41. The van der Waals surface area contributed by atoms with Crippen LogP contribution in [0.2, 0.25) is 0 Å². The third-order valence-electron chi connectivity index (χ3n) is 4.29. The van der Waals surface area contributed by atoms with E-state index in [1.54, 1.807) is 0 Å². The Bertz CT molecular complexity index is 725. The zero-order valence-corrected chi connectivity index (χ0v) is 13.7. The summed E-state index contributed by atoms with van der Waals surface area (Å²) in [6.07, 6.45) is 0.245. The van der Waals surface area contributed by atoms with Crippen molar-refractivity contribution >= 4 is 17.0 Å². The summed E-state index contributed by atoms with van der Waals surface area (Å²) < 4.78 is 6.22. The number of para-hydroxylation sites is 1. The van der Waals surface area contributed by atoms with Gasteiger partial charge in [-0.2, -0.15) is 0 Å². The average molecular weight is 321 g/mol. The Hall–Kier alpha value is -2.10. The van der Waals surface area contributed by atoms with Crippen LogP contribution in [0.1, 0.15) is 16.5 Å². The third-order valence-corrected chi connectivity index (χ3v) is 5.24. The highest BCUT2D eigenvalue weighted by Crippen LogP contribution is 2.41. The van der Waals surface area contributed by atoms with Crippen LogP contribution in [-0.4, -0.2) is 12.6 Å². The van der Waals surface area contributed by atoms with Gasteiger partial charge in [0.25, 0.3) is 0 Å². The van der Waals surface area contributed by atoms with Gasteiger partial charge in [0.05, 0.1) is 12.6 Å². The summed E-state index contributed by atoms with van der Waals surface area (Å²) in [5, 5.41) is 2.14. The molecule has 1 fully saturated rings. The molecule has 2 heterocycles. The maximum absolute atomic E-state index is 6.22. The van der Waals surface area contributed by atoms with E-state index in [4.69, 9.17) is 4.74 Å². The van der Waals surface area contributed by atoms with Crippen LogP contribution in [0.5, 0.6) is 0 Å². The van der Waals surface area contributed by atoms with Gasteiger partial charge >= 0.3 is 0 Å². The number of hydrogen-bond donors (Lipinski definition) is 0. The molecule has 1 aliphatic heterocycles. The average Bonchev–Trinajstić information content (AvgIpc) is 3.09. The van der Waals surface area contributed by atoms with Crippen LogP contribution in [0.4, 0.5) is 5.69 Å². The maximum atomic E-state index is 6.22. The minimum Gasteiger partial charge on any atom is -0.369 e. The van der Waals surface area contributed by atoms with Crippen molar-refractivity contribution in [3.63, 3.8) is 0 Å². The van der Waals surface area contributed by atoms with Gasteiger partial charge in [-0.3, -0.25) is 0 Å². The van der Waals surface area contributed by atoms with E-state index in [1.807, 2.05) is 17.4 Å². The smallest absolute Gasteiger partial charge is 0.101 e. The van der Waals surface area contributed by atoms with Gasteiger partial charge in [0.2, 0.25) is 0 Å². The van der Waals surface area contributed by atoms with Gasteiger partial charge in [-0.1, -0.05) is 54.6 Å². The molecule has 0 N–H and O–H groups in total. The molecular formula is C20H19NOS. The van der Waals surface area contributed by atoms with Crippen LogP contribution in [0.15, 0.2) is 78.2 Å². The van der Waals surface area contributed by atoms with E-state index >= 15 is 0 Å². The Labute approximate surface area is 141 Å². The zero-order chi connectivity index (χ0) is 15.5. The largest absolute Gasteiger partial charge is 0.369 e. The van der Waals surface area contributed by atoms with Crippen molar-refractivity contribution < 1.29 is 4.74 Å². The van der Waals surface area contributed by atoms with Crippen LogP contribution < -0.4 is 4.90 Å². The van der Waals surface area contributed by atoms with E-state index in [1.165, 1.54) is 16.1 Å². The SMILES string of the molecule is c1ccc(CO[C@@H]2CN(c3ccccc3)[C@H]2c2cccs2)cc1. The predicted octanol–water partition coefficient (Wildman–Crippen LogP) is 4.89. The van der Waals surface area contributed by atoms with Crippen molar-refractivity contribution in [1.29, 1.82) is 0 Å². The molecule has 1 aliphatic rings. The molecule has 3 heteroatoms. The fourth-order valence-electron chi connectivity index (χ4n) is 3.07. The van der Waals surface area contributed by atoms with Crippen molar-refractivity contribution in [3.8, 4) is 0 Å². The van der Waals surface area contributed by atoms with Gasteiger partial charge in [-0.05, 0) is 29.1 Å². The monoisotopic (exact) mass is 321 g/mol. The van der Waals surface area contributed by atoms with Gasteiger partial charge in [-0.25, -0.2) is 0 Å². The molecule has 2 atom stereocenters. The van der Waals surface area contributed by atoms with Gasteiger partial charge < -0.3 is 9.64 Å². The molecule has 23 heavy (non-hydrogen) atoms. The molecular weight excluding hydrogens is 302 g/mol. The van der Waals surface area contributed by atoms with Crippen molar-refractivity contribution in [2.24, 2.45) is 0 Å². The van der Waals surface area contributed by atoms with Gasteiger partial charge in [0.1, 0.15) is 6.10 Å². The van der Waals surface area contributed by atoms with Gasteiger partial charge in [-0.15, -0.1) is 11.3 Å². The van der Waals surface area contributed by atoms with Gasteiger partial charge in [0, 0.05) is 17.1 Å². The van der Waals surface area contributed by atoms with E-state index in [0.29, 0.717) is 12.6 Å². The second-order valence-corrected chi connectivity index (χ2v) is 6.76. The lowest BCUT2D eigenvalue weighted by molar-refractivity contribution is -0.00880. The minimum atomic E-state index is 0.245. The molecule has 0 bridgehead atoms. The molecule has 0 spiro atoms. The molecule has 0 radical (unpaired) electrons. The maximum Gasteiger partial charge on any atom is 0.101 e. The van der Waals surface area contributed by atoms with E-state index in [2.05, 4.69) is 77.0 Å². The Morgan fingerprint density at radius 3 is 2.35 bits per heavy atom. The summed E-state index contributed by atoms with van der Waals surface area (Å²) in [5.41, 5.74) is 2.50. The molecule has 4 rings (SSSR count). The van der Waals surface area contributed by atoms with E-state index in [0.717, 1.165) is 6.54 Å². The number of ether oxygens (including phenoxy) is 1. The molecule has 2 nitrogen and oxygen atoms in total. The van der Waals surface area contributed by atoms with Gasteiger partial charge in [0.15, 0.2) is 0 Å². The molecule has 1 aromatic heterocycles. The lowest BCUT2D eigenvalue weighted by Crippen LogP contribution is -2.54. The molecule has 2 aromatic carbocycles. The highest BCUT2D eigenvalue weighted by molar-refractivity contribution is 7.10. The van der Waals surface area contributed by atoms with Crippen molar-refractivity contribution in [3.05, 3.63) is 88.6 Å². The summed E-state index contributed by atoms with van der Waals surface area (Å²) in [7, 11) is 0. The number of anilines is 1. The number of rotatable bonds is 5. The first-order valence-corrected chi connectivity index (χ1v) is 8.80. The summed E-state index contributed by atoms with van der Waals surface area (Å²) in [6.45, 7) is 1.62. The van der Waals surface area contributed by atoms with Crippen LogP contribution >= 0.6 is 11.3 Å². The first-order chi connectivity index (χ1) is 11.4. The van der Waals surface area contributed by atoms with Crippen LogP contribution in [0, 0.1) is 0 Å². The lowest BCUT2D eigenvalue weighted by atomic mass is 9.96. The molecule has 3 aromatic rings. The Kier molecular flexibility index (Phi) is 4.14. The molecule has 0 amide bonds. The van der Waals surface area contributed by atoms with E-state index in [9.17, 15) is 0 Å². The third kappa shape index (κ3) is 3.03. The second kappa shape index (κ2) is 6.57. The highest BCUT2D eigenvalue weighted by atomic mass is 32.1. The van der Waals surface area contributed by atoms with E-state index in [-0.39, 0.29) is 6.10 Å². The van der Waals surface area contributed by atoms with Crippen LogP contribution in [0.25, 0.3) is 0 Å². The Balaban J connectivity index is 1.50. The van der Waals surface area contributed by atoms with Crippen LogP contribution in [0.3, 0.4) is 0 Å². The summed E-state index contributed by atoms with van der Waals surface area (Å²) in [6, 6.07) is 25.7. The first-order valence-electron chi connectivity index (χ1n) is 7.92. The second-order valence-electron chi connectivity index (χ2n) is 5.78. The Morgan fingerprint density at radius 1 is 0.913 bits per heavy atom. The number of benzene rings is 2. The molecule has 0 aliphatic carbocycles. The standard InChI is InChI=1S/C20H19NOS/c1-3-8-16(9-4-1)15-22-18-14-21(17-10-5-2-6-11-17)20(18)19-12-7-13-23-19/h1-13,18,20H,14-15H2/t18-,20-/m1/s1. The van der Waals surface area contributed by atoms with Crippen LogP contribution in [-0.2, 0) is 11.3 Å². The van der Waals surface area contributed by atoms with Crippen molar-refractivity contribution in [2.45, 2.75) is 18.8 Å². The Morgan fingerprint density at radius 2 is 1.65 bits per heavy atom. The molecule has 116 valence electrons. The number of hydrogen-bond acceptors (Lipinski definition) is 3. The first kappa shape index (κ1) is 14.5. The quantitative estimate of drug-likeness (QED) is 0.663. The van der Waals surface area contributed by atoms with E-state index < -0.39 is 0 Å². The topological polar surface area (TPSA) is 12.5 Å². The fraction of sp³-hybridized carbons (Fsp3) is 0.200. The number of nitrogens with zero attached hydrogens (tertiary/aromatic N) is 1. The predicted molar refractivity (Wildman–Crippen MR) is 95.9 cm³/mol. The number of thiophene rings is 1.